The van der Waals surface area contributed by atoms with Crippen molar-refractivity contribution in [1.82, 2.24) is 19.6 Å². The molecule has 3 heterocycles. The van der Waals surface area contributed by atoms with E-state index in [1.165, 1.54) is 4.88 Å². The zero-order valence-electron chi connectivity index (χ0n) is 14.5. The van der Waals surface area contributed by atoms with E-state index in [1.807, 2.05) is 29.2 Å². The molecule has 0 N–H and O–H groups in total. The Kier molecular flexibility index (Phi) is 5.63. The van der Waals surface area contributed by atoms with Crippen molar-refractivity contribution in [1.29, 1.82) is 0 Å². The van der Waals surface area contributed by atoms with Crippen molar-refractivity contribution in [2.45, 2.75) is 6.54 Å². The van der Waals surface area contributed by atoms with Gasteiger partial charge in [-0.05, 0) is 52.3 Å². The van der Waals surface area contributed by atoms with Gasteiger partial charge in [-0.25, -0.2) is 4.68 Å². The molecule has 0 spiro atoms. The van der Waals surface area contributed by atoms with Crippen LogP contribution in [0.2, 0.25) is 5.02 Å². The van der Waals surface area contributed by atoms with Crippen LogP contribution >= 0.6 is 38.9 Å². The van der Waals surface area contributed by atoms with E-state index in [0.717, 1.165) is 42.2 Å². The van der Waals surface area contributed by atoms with Crippen LogP contribution in [0.4, 0.5) is 0 Å². The quantitative estimate of drug-likeness (QED) is 0.577. The van der Waals surface area contributed by atoms with Gasteiger partial charge in [-0.2, -0.15) is 5.10 Å². The molecule has 140 valence electrons. The summed E-state index contributed by atoms with van der Waals surface area (Å²) >= 11 is 11.2. The highest BCUT2D eigenvalue weighted by Crippen LogP contribution is 2.24. The van der Waals surface area contributed by atoms with Crippen molar-refractivity contribution in [3.63, 3.8) is 0 Å². The molecule has 27 heavy (non-hydrogen) atoms. The van der Waals surface area contributed by atoms with E-state index in [2.05, 4.69) is 38.1 Å². The van der Waals surface area contributed by atoms with Crippen molar-refractivity contribution in [2.75, 3.05) is 26.2 Å². The lowest BCUT2D eigenvalue weighted by atomic mass is 10.2. The van der Waals surface area contributed by atoms with Gasteiger partial charge in [0.05, 0.1) is 21.2 Å². The Hall–Kier alpha value is -1.67. The molecule has 1 saturated heterocycles. The van der Waals surface area contributed by atoms with E-state index in [4.69, 9.17) is 11.6 Å². The number of nitrogens with zero attached hydrogens (tertiary/aromatic N) is 4. The second-order valence-corrected chi connectivity index (χ2v) is 9.41. The van der Waals surface area contributed by atoms with E-state index in [0.29, 0.717) is 10.6 Å². The first-order chi connectivity index (χ1) is 13.1. The predicted molar refractivity (Wildman–Crippen MR) is 112 cm³/mol. The Morgan fingerprint density at radius 2 is 1.85 bits per heavy atom. The molecule has 1 aliphatic rings. The third kappa shape index (κ3) is 4.43. The average Bonchev–Trinajstić information content (AvgIpc) is 3.32. The Balaban J connectivity index is 1.36. The third-order valence-electron chi connectivity index (χ3n) is 4.59. The SMILES string of the molecule is O=C(c1cnn(-c2ccc(Cl)cc2)c1)N1CCN(Cc2ccc(Br)s2)CC1. The molecule has 5 nitrogen and oxygen atoms in total. The van der Waals surface area contributed by atoms with Crippen LogP contribution in [0.1, 0.15) is 15.2 Å². The zero-order valence-corrected chi connectivity index (χ0v) is 17.7. The van der Waals surface area contributed by atoms with E-state index in [-0.39, 0.29) is 5.91 Å². The fraction of sp³-hybridized carbons (Fsp3) is 0.263. The first-order valence-electron chi connectivity index (χ1n) is 8.65. The van der Waals surface area contributed by atoms with Crippen molar-refractivity contribution < 1.29 is 4.79 Å². The first-order valence-corrected chi connectivity index (χ1v) is 10.6. The highest BCUT2D eigenvalue weighted by molar-refractivity contribution is 9.11. The number of hydrogen-bond acceptors (Lipinski definition) is 4. The standard InChI is InChI=1S/C19H18BrClN4OS/c20-18-6-5-17(27-18)13-23-7-9-24(10-8-23)19(26)14-11-22-25(12-14)16-3-1-15(21)2-4-16/h1-6,11-12H,7-10,13H2. The maximum absolute atomic E-state index is 12.8. The number of hydrogen-bond donors (Lipinski definition) is 0. The molecular weight excluding hydrogens is 448 g/mol. The van der Waals surface area contributed by atoms with Crippen LogP contribution in [0.15, 0.2) is 52.6 Å². The lowest BCUT2D eigenvalue weighted by Crippen LogP contribution is -2.48. The summed E-state index contributed by atoms with van der Waals surface area (Å²) < 4.78 is 2.86. The van der Waals surface area contributed by atoms with Crippen LogP contribution < -0.4 is 0 Å². The van der Waals surface area contributed by atoms with E-state index in [9.17, 15) is 4.79 Å². The van der Waals surface area contributed by atoms with E-state index in [1.54, 1.807) is 28.4 Å². The number of carbonyl (C=O) groups excluding carboxylic acids is 1. The predicted octanol–water partition coefficient (Wildman–Crippen LogP) is 4.31. The fourth-order valence-corrected chi connectivity index (χ4v) is 4.77. The maximum Gasteiger partial charge on any atom is 0.257 e. The second kappa shape index (κ2) is 8.14. The lowest BCUT2D eigenvalue weighted by molar-refractivity contribution is 0.0629. The van der Waals surface area contributed by atoms with Crippen LogP contribution in [-0.4, -0.2) is 51.7 Å². The molecule has 0 aliphatic carbocycles. The van der Waals surface area contributed by atoms with Gasteiger partial charge < -0.3 is 4.90 Å². The molecule has 1 amide bonds. The van der Waals surface area contributed by atoms with Crippen molar-refractivity contribution in [3.8, 4) is 5.69 Å². The molecule has 0 bridgehead atoms. The molecule has 8 heteroatoms. The van der Waals surface area contributed by atoms with Crippen LogP contribution in [0.25, 0.3) is 5.69 Å². The van der Waals surface area contributed by atoms with Gasteiger partial charge in [-0.3, -0.25) is 9.69 Å². The second-order valence-electron chi connectivity index (χ2n) is 6.42. The minimum Gasteiger partial charge on any atom is -0.336 e. The highest BCUT2D eigenvalue weighted by Gasteiger charge is 2.23. The molecule has 1 aromatic carbocycles. The zero-order chi connectivity index (χ0) is 18.8. The number of rotatable bonds is 4. The summed E-state index contributed by atoms with van der Waals surface area (Å²) in [6.07, 6.45) is 3.41. The van der Waals surface area contributed by atoms with Gasteiger partial charge >= 0.3 is 0 Å². The number of piperazine rings is 1. The topological polar surface area (TPSA) is 41.4 Å². The van der Waals surface area contributed by atoms with Gasteiger partial charge in [0, 0.05) is 48.8 Å². The smallest absolute Gasteiger partial charge is 0.257 e. The van der Waals surface area contributed by atoms with E-state index < -0.39 is 0 Å². The molecule has 1 fully saturated rings. The van der Waals surface area contributed by atoms with Crippen LogP contribution in [0, 0.1) is 0 Å². The number of carbonyl (C=O) groups is 1. The Labute approximate surface area is 175 Å². The molecule has 4 rings (SSSR count). The summed E-state index contributed by atoms with van der Waals surface area (Å²) in [5.74, 6) is 0.0359. The molecule has 0 unspecified atom stereocenters. The van der Waals surface area contributed by atoms with Crippen molar-refractivity contribution >= 4 is 44.8 Å². The molecule has 3 aromatic rings. The third-order valence-corrected chi connectivity index (χ3v) is 6.45. The monoisotopic (exact) mass is 464 g/mol. The number of halogens is 2. The highest BCUT2D eigenvalue weighted by atomic mass is 79.9. The molecule has 0 saturated carbocycles. The van der Waals surface area contributed by atoms with E-state index >= 15 is 0 Å². The van der Waals surface area contributed by atoms with Gasteiger partial charge in [0.15, 0.2) is 0 Å². The summed E-state index contributed by atoms with van der Waals surface area (Å²) in [7, 11) is 0. The molecular formula is C19H18BrClN4OS. The molecule has 2 aromatic heterocycles. The Morgan fingerprint density at radius 3 is 2.52 bits per heavy atom. The largest absolute Gasteiger partial charge is 0.336 e. The first kappa shape index (κ1) is 18.7. The van der Waals surface area contributed by atoms with Crippen LogP contribution in [-0.2, 0) is 6.54 Å². The molecule has 0 atom stereocenters. The number of amides is 1. The number of benzene rings is 1. The van der Waals surface area contributed by atoms with Crippen molar-refractivity contribution in [3.05, 3.63) is 68.0 Å². The average molecular weight is 466 g/mol. The van der Waals surface area contributed by atoms with Crippen LogP contribution in [0.3, 0.4) is 0 Å². The minimum absolute atomic E-state index is 0.0359. The summed E-state index contributed by atoms with van der Waals surface area (Å²) in [6.45, 7) is 4.17. The normalized spacial score (nSPS) is 15.3. The summed E-state index contributed by atoms with van der Waals surface area (Å²) in [4.78, 5) is 18.4. The summed E-state index contributed by atoms with van der Waals surface area (Å²) in [5.41, 5.74) is 1.49. The van der Waals surface area contributed by atoms with Crippen molar-refractivity contribution in [2.24, 2.45) is 0 Å². The van der Waals surface area contributed by atoms with Gasteiger partial charge in [-0.1, -0.05) is 11.6 Å². The van der Waals surface area contributed by atoms with Crippen LogP contribution in [0.5, 0.6) is 0 Å². The minimum atomic E-state index is 0.0359. The molecule has 0 radical (unpaired) electrons. The van der Waals surface area contributed by atoms with Gasteiger partial charge in [0.25, 0.3) is 5.91 Å². The fourth-order valence-electron chi connectivity index (χ4n) is 3.12. The maximum atomic E-state index is 12.8. The Morgan fingerprint density at radius 1 is 1.11 bits per heavy atom. The molecule has 1 aliphatic heterocycles. The van der Waals surface area contributed by atoms with Gasteiger partial charge in [0.2, 0.25) is 0 Å². The number of thiophene rings is 1. The Bertz CT molecular complexity index is 931. The number of aromatic nitrogens is 2. The summed E-state index contributed by atoms with van der Waals surface area (Å²) in [5, 5.41) is 4.99. The summed E-state index contributed by atoms with van der Waals surface area (Å²) in [6, 6.07) is 11.6. The lowest BCUT2D eigenvalue weighted by Gasteiger charge is -2.34. The van der Waals surface area contributed by atoms with Gasteiger partial charge in [0.1, 0.15) is 0 Å². The van der Waals surface area contributed by atoms with Gasteiger partial charge in [-0.15, -0.1) is 11.3 Å².